The lowest BCUT2D eigenvalue weighted by Crippen LogP contribution is -2.44. The van der Waals surface area contributed by atoms with Crippen LogP contribution in [0, 0.1) is 5.92 Å². The Bertz CT molecular complexity index is 221. The van der Waals surface area contributed by atoms with Gasteiger partial charge in [0.15, 0.2) is 0 Å². The van der Waals surface area contributed by atoms with E-state index in [1.54, 1.807) is 0 Å². The summed E-state index contributed by atoms with van der Waals surface area (Å²) in [5.41, 5.74) is 0. The van der Waals surface area contributed by atoms with Crippen molar-refractivity contribution in [1.29, 1.82) is 0 Å². The van der Waals surface area contributed by atoms with Crippen LogP contribution in [0.3, 0.4) is 0 Å². The van der Waals surface area contributed by atoms with Crippen LogP contribution in [0.1, 0.15) is 20.3 Å². The Labute approximate surface area is 91.9 Å². The standard InChI is InChI=1S/C11H22N2O2/c1-4-13-8-9(2)7-12(3)10(5-6-14)11(13)15/h9-10,14H,4-8H2,1-3H3. The molecule has 2 unspecified atom stereocenters. The third-order valence-electron chi connectivity index (χ3n) is 3.04. The van der Waals surface area contributed by atoms with Crippen molar-refractivity contribution in [3.05, 3.63) is 0 Å². The van der Waals surface area contributed by atoms with Gasteiger partial charge in [0.2, 0.25) is 5.91 Å². The first-order valence-corrected chi connectivity index (χ1v) is 5.70. The first kappa shape index (κ1) is 12.5. The van der Waals surface area contributed by atoms with Gasteiger partial charge in [-0.2, -0.15) is 0 Å². The first-order chi connectivity index (χ1) is 7.10. The topological polar surface area (TPSA) is 43.8 Å². The molecule has 0 aromatic rings. The predicted molar refractivity (Wildman–Crippen MR) is 59.5 cm³/mol. The summed E-state index contributed by atoms with van der Waals surface area (Å²) in [5, 5.41) is 8.97. The Morgan fingerprint density at radius 2 is 2.13 bits per heavy atom. The molecule has 0 saturated carbocycles. The molecule has 4 nitrogen and oxygen atoms in total. The van der Waals surface area contributed by atoms with E-state index in [-0.39, 0.29) is 18.6 Å². The first-order valence-electron chi connectivity index (χ1n) is 5.70. The molecule has 2 atom stereocenters. The summed E-state index contributed by atoms with van der Waals surface area (Å²) in [6, 6.07) is -0.139. The molecule has 88 valence electrons. The molecule has 1 aliphatic heterocycles. The van der Waals surface area contributed by atoms with E-state index >= 15 is 0 Å². The maximum absolute atomic E-state index is 12.1. The van der Waals surface area contributed by atoms with Crippen molar-refractivity contribution in [2.45, 2.75) is 26.3 Å². The number of carbonyl (C=O) groups excluding carboxylic acids is 1. The molecular formula is C11H22N2O2. The van der Waals surface area contributed by atoms with Crippen LogP contribution in [-0.4, -0.2) is 60.1 Å². The molecule has 1 saturated heterocycles. The molecule has 0 aliphatic carbocycles. The molecule has 0 aromatic heterocycles. The molecule has 1 amide bonds. The second-order valence-corrected chi connectivity index (χ2v) is 4.45. The fraction of sp³-hybridized carbons (Fsp3) is 0.909. The van der Waals surface area contributed by atoms with Gasteiger partial charge in [-0.1, -0.05) is 6.92 Å². The number of aliphatic hydroxyl groups is 1. The minimum absolute atomic E-state index is 0.0761. The Balaban J connectivity index is 2.78. The minimum atomic E-state index is -0.139. The molecule has 4 heteroatoms. The number of hydrogen-bond acceptors (Lipinski definition) is 3. The third kappa shape index (κ3) is 2.92. The Morgan fingerprint density at radius 1 is 1.47 bits per heavy atom. The van der Waals surface area contributed by atoms with Crippen LogP contribution in [-0.2, 0) is 4.79 Å². The second-order valence-electron chi connectivity index (χ2n) is 4.45. The van der Waals surface area contributed by atoms with Crippen molar-refractivity contribution in [2.75, 3.05) is 33.3 Å². The maximum atomic E-state index is 12.1. The van der Waals surface area contributed by atoms with E-state index in [4.69, 9.17) is 5.11 Å². The van der Waals surface area contributed by atoms with Crippen LogP contribution in [0.25, 0.3) is 0 Å². The Kier molecular flexibility index (Phi) is 4.54. The highest BCUT2D eigenvalue weighted by atomic mass is 16.3. The molecule has 1 heterocycles. The smallest absolute Gasteiger partial charge is 0.240 e. The summed E-state index contributed by atoms with van der Waals surface area (Å²) >= 11 is 0. The maximum Gasteiger partial charge on any atom is 0.240 e. The Morgan fingerprint density at radius 3 is 2.67 bits per heavy atom. The van der Waals surface area contributed by atoms with E-state index in [1.165, 1.54) is 0 Å². The second kappa shape index (κ2) is 5.47. The molecule has 1 N–H and O–H groups in total. The zero-order valence-electron chi connectivity index (χ0n) is 9.94. The van der Waals surface area contributed by atoms with Gasteiger partial charge >= 0.3 is 0 Å². The molecule has 0 spiro atoms. The van der Waals surface area contributed by atoms with E-state index in [0.717, 1.165) is 19.6 Å². The summed E-state index contributed by atoms with van der Waals surface area (Å²) in [6.45, 7) is 6.76. The number of likely N-dealkylation sites (N-methyl/N-ethyl adjacent to an activating group) is 2. The van der Waals surface area contributed by atoms with Crippen LogP contribution >= 0.6 is 0 Å². The minimum Gasteiger partial charge on any atom is -0.396 e. The molecule has 1 aliphatic rings. The van der Waals surface area contributed by atoms with Crippen molar-refractivity contribution >= 4 is 5.91 Å². The van der Waals surface area contributed by atoms with Crippen LogP contribution in [0.15, 0.2) is 0 Å². The lowest BCUT2D eigenvalue weighted by atomic mass is 10.1. The van der Waals surface area contributed by atoms with Crippen molar-refractivity contribution in [2.24, 2.45) is 5.92 Å². The Hall–Kier alpha value is -0.610. The zero-order valence-corrected chi connectivity index (χ0v) is 9.94. The average Bonchev–Trinajstić information content (AvgIpc) is 2.29. The van der Waals surface area contributed by atoms with Gasteiger partial charge in [0, 0.05) is 26.2 Å². The van der Waals surface area contributed by atoms with Crippen LogP contribution in [0.5, 0.6) is 0 Å². The van der Waals surface area contributed by atoms with Gasteiger partial charge in [0.05, 0.1) is 6.04 Å². The summed E-state index contributed by atoms with van der Waals surface area (Å²) in [6.07, 6.45) is 0.540. The summed E-state index contributed by atoms with van der Waals surface area (Å²) < 4.78 is 0. The number of rotatable bonds is 3. The highest BCUT2D eigenvalue weighted by Gasteiger charge is 2.31. The van der Waals surface area contributed by atoms with Gasteiger partial charge in [0.1, 0.15) is 0 Å². The zero-order chi connectivity index (χ0) is 11.4. The number of nitrogens with zero attached hydrogens (tertiary/aromatic N) is 2. The summed E-state index contributed by atoms with van der Waals surface area (Å²) in [4.78, 5) is 16.1. The van der Waals surface area contributed by atoms with Gasteiger partial charge in [0.25, 0.3) is 0 Å². The van der Waals surface area contributed by atoms with E-state index in [2.05, 4.69) is 11.8 Å². The summed E-state index contributed by atoms with van der Waals surface area (Å²) in [7, 11) is 1.97. The lowest BCUT2D eigenvalue weighted by Gasteiger charge is -2.26. The number of hydrogen-bond donors (Lipinski definition) is 1. The molecular weight excluding hydrogens is 192 g/mol. The number of amides is 1. The van der Waals surface area contributed by atoms with Gasteiger partial charge in [-0.05, 0) is 26.3 Å². The number of carbonyl (C=O) groups is 1. The van der Waals surface area contributed by atoms with Crippen LogP contribution in [0.2, 0.25) is 0 Å². The summed E-state index contributed by atoms with van der Waals surface area (Å²) in [5.74, 6) is 0.668. The SMILES string of the molecule is CCN1CC(C)CN(C)C(CCO)C1=O. The molecule has 15 heavy (non-hydrogen) atoms. The van der Waals surface area contributed by atoms with E-state index in [0.29, 0.717) is 12.3 Å². The van der Waals surface area contributed by atoms with Gasteiger partial charge in [-0.3, -0.25) is 9.69 Å². The van der Waals surface area contributed by atoms with E-state index in [9.17, 15) is 4.79 Å². The molecule has 1 rings (SSSR count). The molecule has 0 bridgehead atoms. The predicted octanol–water partition coefficient (Wildman–Crippen LogP) is 0.167. The van der Waals surface area contributed by atoms with Gasteiger partial charge < -0.3 is 10.0 Å². The largest absolute Gasteiger partial charge is 0.396 e. The van der Waals surface area contributed by atoms with Crippen molar-refractivity contribution < 1.29 is 9.90 Å². The fourth-order valence-corrected chi connectivity index (χ4v) is 2.29. The number of aliphatic hydroxyl groups excluding tert-OH is 1. The quantitative estimate of drug-likeness (QED) is 0.728. The van der Waals surface area contributed by atoms with Crippen LogP contribution in [0.4, 0.5) is 0 Å². The van der Waals surface area contributed by atoms with E-state index in [1.807, 2.05) is 18.9 Å². The highest BCUT2D eigenvalue weighted by molar-refractivity contribution is 5.82. The lowest BCUT2D eigenvalue weighted by molar-refractivity contribution is -0.135. The van der Waals surface area contributed by atoms with Crippen molar-refractivity contribution in [1.82, 2.24) is 9.80 Å². The van der Waals surface area contributed by atoms with Crippen LogP contribution < -0.4 is 0 Å². The molecule has 1 fully saturated rings. The molecule has 0 radical (unpaired) electrons. The average molecular weight is 214 g/mol. The van der Waals surface area contributed by atoms with Gasteiger partial charge in [-0.25, -0.2) is 0 Å². The van der Waals surface area contributed by atoms with Crippen molar-refractivity contribution in [3.8, 4) is 0 Å². The van der Waals surface area contributed by atoms with Crippen molar-refractivity contribution in [3.63, 3.8) is 0 Å². The van der Waals surface area contributed by atoms with E-state index < -0.39 is 0 Å². The molecule has 0 aromatic carbocycles. The third-order valence-corrected chi connectivity index (χ3v) is 3.04. The normalized spacial score (nSPS) is 29.3. The highest BCUT2D eigenvalue weighted by Crippen LogP contribution is 2.15. The monoisotopic (exact) mass is 214 g/mol. The van der Waals surface area contributed by atoms with Gasteiger partial charge in [-0.15, -0.1) is 0 Å². The fourth-order valence-electron chi connectivity index (χ4n) is 2.29.